The van der Waals surface area contributed by atoms with Crippen LogP contribution in [0.1, 0.15) is 50.8 Å². The minimum atomic E-state index is 0.217. The molecule has 2 aromatic heterocycles. The molecule has 3 nitrogen and oxygen atoms in total. The Morgan fingerprint density at radius 2 is 2.05 bits per heavy atom. The number of benzene rings is 1. The van der Waals surface area contributed by atoms with Gasteiger partial charge in [-0.2, -0.15) is 5.10 Å². The van der Waals surface area contributed by atoms with E-state index in [1.807, 2.05) is 10.7 Å². The van der Waals surface area contributed by atoms with Gasteiger partial charge in [0, 0.05) is 11.6 Å². The van der Waals surface area contributed by atoms with Crippen molar-refractivity contribution in [1.29, 1.82) is 0 Å². The number of rotatable bonds is 1. The number of aromatic nitrogens is 3. The van der Waals surface area contributed by atoms with E-state index in [1.165, 1.54) is 28.8 Å². The zero-order valence-electron chi connectivity index (χ0n) is 13.1. The summed E-state index contributed by atoms with van der Waals surface area (Å²) < 4.78 is 3.24. The highest BCUT2D eigenvalue weighted by atomic mass is 32.1. The van der Waals surface area contributed by atoms with E-state index in [1.54, 1.807) is 11.3 Å². The van der Waals surface area contributed by atoms with Crippen LogP contribution >= 0.6 is 11.3 Å². The average Bonchev–Trinajstić information content (AvgIpc) is 3.18. The van der Waals surface area contributed by atoms with E-state index in [-0.39, 0.29) is 5.41 Å². The summed E-state index contributed by atoms with van der Waals surface area (Å²) in [5, 5.41) is 5.95. The van der Waals surface area contributed by atoms with Gasteiger partial charge in [0.05, 0.1) is 15.9 Å². The van der Waals surface area contributed by atoms with Crippen molar-refractivity contribution >= 4 is 21.6 Å². The van der Waals surface area contributed by atoms with E-state index < -0.39 is 0 Å². The predicted molar refractivity (Wildman–Crippen MR) is 89.9 cm³/mol. The molecule has 22 heavy (non-hydrogen) atoms. The predicted octanol–water partition coefficient (Wildman–Crippen LogP) is 4.66. The molecular formula is C18H19N3S. The van der Waals surface area contributed by atoms with E-state index in [2.05, 4.69) is 45.2 Å². The summed E-state index contributed by atoms with van der Waals surface area (Å²) >= 11 is 1.72. The third-order valence-electron chi connectivity index (χ3n) is 6.35. The van der Waals surface area contributed by atoms with Gasteiger partial charge in [-0.05, 0) is 41.9 Å². The van der Waals surface area contributed by atoms with Gasteiger partial charge >= 0.3 is 0 Å². The fourth-order valence-corrected chi connectivity index (χ4v) is 5.49. The molecule has 2 heterocycles. The van der Waals surface area contributed by atoms with Crippen molar-refractivity contribution in [3.63, 3.8) is 0 Å². The lowest BCUT2D eigenvalue weighted by Gasteiger charge is -2.34. The van der Waals surface area contributed by atoms with Crippen LogP contribution in [0.5, 0.6) is 0 Å². The minimum Gasteiger partial charge on any atom is -0.218 e. The van der Waals surface area contributed by atoms with Crippen molar-refractivity contribution in [3.05, 3.63) is 41.7 Å². The highest BCUT2D eigenvalue weighted by molar-refractivity contribution is 7.20. The second-order valence-electron chi connectivity index (χ2n) is 7.49. The van der Waals surface area contributed by atoms with Crippen LogP contribution in [0.4, 0.5) is 0 Å². The molecule has 2 atom stereocenters. The Labute approximate surface area is 134 Å². The van der Waals surface area contributed by atoms with Crippen molar-refractivity contribution in [2.75, 3.05) is 0 Å². The third-order valence-corrected chi connectivity index (χ3v) is 7.37. The second-order valence-corrected chi connectivity index (χ2v) is 8.50. The lowest BCUT2D eigenvalue weighted by molar-refractivity contribution is 0.224. The topological polar surface area (TPSA) is 30.7 Å². The molecular weight excluding hydrogens is 290 g/mol. The molecule has 4 heteroatoms. The monoisotopic (exact) mass is 309 g/mol. The lowest BCUT2D eigenvalue weighted by atomic mass is 9.70. The first kappa shape index (κ1) is 12.8. The molecule has 112 valence electrons. The van der Waals surface area contributed by atoms with Gasteiger partial charge in [0.15, 0.2) is 0 Å². The summed E-state index contributed by atoms with van der Waals surface area (Å²) in [5.41, 5.74) is 4.38. The molecule has 0 radical (unpaired) electrons. The van der Waals surface area contributed by atoms with Crippen molar-refractivity contribution in [2.45, 2.75) is 44.9 Å². The minimum absolute atomic E-state index is 0.217. The molecule has 2 bridgehead atoms. The molecule has 0 N–H and O–H groups in total. The first-order chi connectivity index (χ1) is 10.5. The first-order valence-corrected chi connectivity index (χ1v) is 8.78. The Bertz CT molecular complexity index is 871. The summed E-state index contributed by atoms with van der Waals surface area (Å²) in [5.74, 6) is 0.649. The zero-order valence-corrected chi connectivity index (χ0v) is 13.9. The van der Waals surface area contributed by atoms with Gasteiger partial charge in [0.25, 0.3) is 0 Å². The summed E-state index contributed by atoms with van der Waals surface area (Å²) in [6.45, 7) is 7.22. The highest BCUT2D eigenvalue weighted by Gasteiger charge is 2.61. The lowest BCUT2D eigenvalue weighted by Crippen LogP contribution is -2.32. The Morgan fingerprint density at radius 1 is 1.23 bits per heavy atom. The Hall–Kier alpha value is -1.68. The molecule has 3 aromatic rings. The third kappa shape index (κ3) is 1.33. The first-order valence-electron chi connectivity index (χ1n) is 7.97. The van der Waals surface area contributed by atoms with Crippen LogP contribution in [0, 0.1) is 5.41 Å². The molecule has 0 aliphatic heterocycles. The molecule has 1 fully saturated rings. The van der Waals surface area contributed by atoms with Crippen molar-refractivity contribution < 1.29 is 0 Å². The SMILES string of the molecule is CC12CCC(c3cn(-c4nc5ccccc5s4)nc31)C2(C)C. The maximum absolute atomic E-state index is 4.97. The van der Waals surface area contributed by atoms with Crippen LogP contribution in [-0.4, -0.2) is 14.8 Å². The summed E-state index contributed by atoms with van der Waals surface area (Å²) in [7, 11) is 0. The van der Waals surface area contributed by atoms with Crippen LogP contribution in [0.3, 0.4) is 0 Å². The molecule has 5 rings (SSSR count). The van der Waals surface area contributed by atoms with Crippen molar-refractivity contribution in [1.82, 2.24) is 14.8 Å². The highest BCUT2D eigenvalue weighted by Crippen LogP contribution is 2.67. The number of hydrogen-bond acceptors (Lipinski definition) is 3. The number of fused-ring (bicyclic) bond motifs is 6. The second kappa shape index (κ2) is 3.80. The number of thiazole rings is 1. The number of para-hydroxylation sites is 1. The van der Waals surface area contributed by atoms with E-state index in [4.69, 9.17) is 10.1 Å². The van der Waals surface area contributed by atoms with Gasteiger partial charge in [-0.3, -0.25) is 0 Å². The van der Waals surface area contributed by atoms with Crippen LogP contribution in [0.15, 0.2) is 30.5 Å². The molecule has 1 aromatic carbocycles. The summed E-state index contributed by atoms with van der Waals surface area (Å²) in [6.07, 6.45) is 4.79. The van der Waals surface area contributed by atoms with Gasteiger partial charge < -0.3 is 0 Å². The molecule has 2 unspecified atom stereocenters. The van der Waals surface area contributed by atoms with E-state index in [0.717, 1.165) is 10.6 Å². The number of nitrogens with zero attached hydrogens (tertiary/aromatic N) is 3. The van der Waals surface area contributed by atoms with Crippen LogP contribution < -0.4 is 0 Å². The Balaban J connectivity index is 1.67. The molecule has 1 saturated carbocycles. The van der Waals surface area contributed by atoms with E-state index in [0.29, 0.717) is 11.3 Å². The summed E-state index contributed by atoms with van der Waals surface area (Å²) in [4.78, 5) is 4.74. The molecule has 0 amide bonds. The standard InChI is InChI=1S/C18H19N3S/c1-17(2)12-8-9-18(17,3)15-11(12)10-21(20-15)16-19-13-6-4-5-7-14(13)22-16/h4-7,10,12H,8-9H2,1-3H3. The van der Waals surface area contributed by atoms with E-state index >= 15 is 0 Å². The fourth-order valence-electron chi connectivity index (χ4n) is 4.60. The van der Waals surface area contributed by atoms with Gasteiger partial charge in [0.2, 0.25) is 5.13 Å². The fraction of sp³-hybridized carbons (Fsp3) is 0.444. The average molecular weight is 309 g/mol. The molecule has 2 aliphatic rings. The van der Waals surface area contributed by atoms with Crippen molar-refractivity contribution in [2.24, 2.45) is 5.41 Å². The Kier molecular flexibility index (Phi) is 2.21. The van der Waals surface area contributed by atoms with E-state index in [9.17, 15) is 0 Å². The summed E-state index contributed by atoms with van der Waals surface area (Å²) in [6, 6.07) is 8.30. The van der Waals surface area contributed by atoms with Crippen LogP contribution in [0.25, 0.3) is 15.3 Å². The maximum Gasteiger partial charge on any atom is 0.211 e. The van der Waals surface area contributed by atoms with Gasteiger partial charge in [-0.1, -0.05) is 44.2 Å². The number of hydrogen-bond donors (Lipinski definition) is 0. The van der Waals surface area contributed by atoms with Gasteiger partial charge in [0.1, 0.15) is 0 Å². The quantitative estimate of drug-likeness (QED) is 0.654. The molecule has 0 spiro atoms. The van der Waals surface area contributed by atoms with Crippen LogP contribution in [-0.2, 0) is 5.41 Å². The molecule has 2 aliphatic carbocycles. The normalized spacial score (nSPS) is 28.4. The smallest absolute Gasteiger partial charge is 0.211 e. The largest absolute Gasteiger partial charge is 0.218 e. The van der Waals surface area contributed by atoms with Gasteiger partial charge in [-0.25, -0.2) is 9.67 Å². The van der Waals surface area contributed by atoms with Gasteiger partial charge in [-0.15, -0.1) is 0 Å². The van der Waals surface area contributed by atoms with Crippen LogP contribution in [0.2, 0.25) is 0 Å². The maximum atomic E-state index is 4.97. The van der Waals surface area contributed by atoms with Crippen molar-refractivity contribution in [3.8, 4) is 5.13 Å². The molecule has 0 saturated heterocycles. The Morgan fingerprint density at radius 3 is 2.82 bits per heavy atom. The zero-order chi connectivity index (χ0) is 15.1.